The molecule has 0 fully saturated rings. The Bertz CT molecular complexity index is 781. The number of furan rings is 1. The Morgan fingerprint density at radius 1 is 1.11 bits per heavy atom. The first-order valence-electron chi connectivity index (χ1n) is 5.95. The normalized spacial score (nSPS) is 11.4. The van der Waals surface area contributed by atoms with Crippen molar-refractivity contribution in [3.63, 3.8) is 0 Å². The summed E-state index contributed by atoms with van der Waals surface area (Å²) in [6.45, 7) is 0. The maximum Gasteiger partial charge on any atom is 0.330 e. The zero-order valence-corrected chi connectivity index (χ0v) is 10.4. The summed E-state index contributed by atoms with van der Waals surface area (Å²) in [6.07, 6.45) is 3.14. The van der Waals surface area contributed by atoms with Crippen molar-refractivity contribution in [1.29, 1.82) is 0 Å². The molecule has 0 unspecified atom stereocenters. The van der Waals surface area contributed by atoms with Crippen LogP contribution in [0.5, 0.6) is 0 Å². The summed E-state index contributed by atoms with van der Waals surface area (Å²) >= 11 is 0. The van der Waals surface area contributed by atoms with E-state index in [4.69, 9.17) is 4.42 Å². The van der Waals surface area contributed by atoms with Gasteiger partial charge in [-0.25, -0.2) is 4.79 Å². The van der Waals surface area contributed by atoms with Crippen molar-refractivity contribution >= 4 is 34.0 Å². The third-order valence-electron chi connectivity index (χ3n) is 3.01. The Labute approximate surface area is 110 Å². The Kier molecular flexibility index (Phi) is 2.80. The summed E-state index contributed by atoms with van der Waals surface area (Å²) in [5.41, 5.74) is 2.65. The van der Waals surface area contributed by atoms with Crippen LogP contribution in [0.15, 0.2) is 53.0 Å². The van der Waals surface area contributed by atoms with Crippen molar-refractivity contribution in [2.24, 2.45) is 0 Å². The fourth-order valence-corrected chi connectivity index (χ4v) is 2.08. The van der Waals surface area contributed by atoms with Gasteiger partial charge >= 0.3 is 5.97 Å². The highest BCUT2D eigenvalue weighted by atomic mass is 16.5. The highest BCUT2D eigenvalue weighted by molar-refractivity contribution is 6.05. The molecule has 3 rings (SSSR count). The fourth-order valence-electron chi connectivity index (χ4n) is 2.08. The summed E-state index contributed by atoms with van der Waals surface area (Å²) in [6, 6.07) is 13.7. The molecule has 0 N–H and O–H groups in total. The van der Waals surface area contributed by atoms with Crippen LogP contribution in [0.4, 0.5) is 0 Å². The quantitative estimate of drug-likeness (QED) is 0.514. The lowest BCUT2D eigenvalue weighted by atomic mass is 10.1. The number of hydrogen-bond acceptors (Lipinski definition) is 3. The average molecular weight is 252 g/mol. The van der Waals surface area contributed by atoms with E-state index in [0.29, 0.717) is 0 Å². The predicted molar refractivity (Wildman–Crippen MR) is 74.8 cm³/mol. The molecule has 3 heteroatoms. The van der Waals surface area contributed by atoms with Crippen molar-refractivity contribution in [3.8, 4) is 0 Å². The molecule has 0 amide bonds. The highest BCUT2D eigenvalue weighted by Crippen LogP contribution is 2.29. The van der Waals surface area contributed by atoms with Crippen molar-refractivity contribution in [1.82, 2.24) is 0 Å². The lowest BCUT2D eigenvalue weighted by Gasteiger charge is -1.94. The third kappa shape index (κ3) is 2.10. The Balaban J connectivity index is 2.11. The van der Waals surface area contributed by atoms with E-state index in [0.717, 1.165) is 27.5 Å². The molecule has 2 aromatic carbocycles. The van der Waals surface area contributed by atoms with Crippen LogP contribution in [0.2, 0.25) is 0 Å². The number of hydrogen-bond donors (Lipinski definition) is 0. The standard InChI is InChI=1S/C16H12O3/c1-18-16(17)9-7-11-6-8-15-13(10-11)12-4-2-3-5-14(12)19-15/h2-10H,1H3. The van der Waals surface area contributed by atoms with Gasteiger partial charge in [-0.1, -0.05) is 24.3 Å². The number of fused-ring (bicyclic) bond motifs is 3. The van der Waals surface area contributed by atoms with Gasteiger partial charge in [0.2, 0.25) is 0 Å². The first-order chi connectivity index (χ1) is 9.28. The number of carbonyl (C=O) groups is 1. The third-order valence-corrected chi connectivity index (χ3v) is 3.01. The number of methoxy groups -OCH3 is 1. The largest absolute Gasteiger partial charge is 0.466 e. The molecule has 0 saturated heterocycles. The van der Waals surface area contributed by atoms with Gasteiger partial charge in [-0.15, -0.1) is 0 Å². The Hall–Kier alpha value is -2.55. The smallest absolute Gasteiger partial charge is 0.330 e. The number of rotatable bonds is 2. The van der Waals surface area contributed by atoms with Gasteiger partial charge in [0.1, 0.15) is 11.2 Å². The summed E-state index contributed by atoms with van der Waals surface area (Å²) in [4.78, 5) is 11.1. The van der Waals surface area contributed by atoms with Crippen molar-refractivity contribution < 1.29 is 13.9 Å². The number of carbonyl (C=O) groups excluding carboxylic acids is 1. The van der Waals surface area contributed by atoms with E-state index in [1.165, 1.54) is 13.2 Å². The van der Waals surface area contributed by atoms with E-state index in [9.17, 15) is 4.79 Å². The van der Waals surface area contributed by atoms with Gasteiger partial charge in [0.05, 0.1) is 7.11 Å². The topological polar surface area (TPSA) is 39.4 Å². The molecule has 0 bridgehead atoms. The van der Waals surface area contributed by atoms with Gasteiger partial charge in [0.25, 0.3) is 0 Å². The van der Waals surface area contributed by atoms with Gasteiger partial charge in [-0.2, -0.15) is 0 Å². The molecule has 0 aliphatic rings. The Morgan fingerprint density at radius 3 is 2.74 bits per heavy atom. The molecule has 1 aromatic heterocycles. The van der Waals surface area contributed by atoms with E-state index >= 15 is 0 Å². The Morgan fingerprint density at radius 2 is 1.89 bits per heavy atom. The van der Waals surface area contributed by atoms with Crippen LogP contribution in [0, 0.1) is 0 Å². The van der Waals surface area contributed by atoms with Gasteiger partial charge in [0.15, 0.2) is 0 Å². The molecule has 1 heterocycles. The second-order valence-electron chi connectivity index (χ2n) is 4.21. The molecule has 19 heavy (non-hydrogen) atoms. The first-order valence-corrected chi connectivity index (χ1v) is 5.95. The monoisotopic (exact) mass is 252 g/mol. The van der Waals surface area contributed by atoms with E-state index in [1.54, 1.807) is 6.08 Å². The number of ether oxygens (including phenoxy) is 1. The van der Waals surface area contributed by atoms with Crippen molar-refractivity contribution in [2.75, 3.05) is 7.11 Å². The molecule has 3 aromatic rings. The average Bonchev–Trinajstić information content (AvgIpc) is 2.82. The molecular formula is C16H12O3. The molecule has 3 nitrogen and oxygen atoms in total. The molecule has 0 aliphatic heterocycles. The molecule has 0 spiro atoms. The van der Waals surface area contributed by atoms with Crippen LogP contribution in [-0.2, 0) is 9.53 Å². The van der Waals surface area contributed by atoms with Gasteiger partial charge in [-0.05, 0) is 29.8 Å². The summed E-state index contributed by atoms with van der Waals surface area (Å²) < 4.78 is 10.3. The van der Waals surface area contributed by atoms with E-state index < -0.39 is 0 Å². The zero-order valence-electron chi connectivity index (χ0n) is 10.4. The minimum atomic E-state index is -0.364. The van der Waals surface area contributed by atoms with Crippen LogP contribution in [-0.4, -0.2) is 13.1 Å². The van der Waals surface area contributed by atoms with Crippen LogP contribution >= 0.6 is 0 Å². The molecule has 94 valence electrons. The predicted octanol–water partition coefficient (Wildman–Crippen LogP) is 3.77. The van der Waals surface area contributed by atoms with Crippen molar-refractivity contribution in [2.45, 2.75) is 0 Å². The zero-order chi connectivity index (χ0) is 13.2. The molecule has 0 radical (unpaired) electrons. The first kappa shape index (κ1) is 11.5. The molecule has 0 aliphatic carbocycles. The minimum Gasteiger partial charge on any atom is -0.466 e. The van der Waals surface area contributed by atoms with E-state index in [2.05, 4.69) is 4.74 Å². The second-order valence-corrected chi connectivity index (χ2v) is 4.21. The summed E-state index contributed by atoms with van der Waals surface area (Å²) in [7, 11) is 1.36. The highest BCUT2D eigenvalue weighted by Gasteiger charge is 2.05. The fraction of sp³-hybridized carbons (Fsp3) is 0.0625. The van der Waals surface area contributed by atoms with Gasteiger partial charge in [-0.3, -0.25) is 0 Å². The van der Waals surface area contributed by atoms with E-state index in [-0.39, 0.29) is 5.97 Å². The number of esters is 1. The SMILES string of the molecule is COC(=O)C=Cc1ccc2oc3ccccc3c2c1. The molecule has 0 saturated carbocycles. The number of benzene rings is 2. The number of para-hydroxylation sites is 1. The lowest BCUT2D eigenvalue weighted by molar-refractivity contribution is -0.134. The van der Waals surface area contributed by atoms with Crippen LogP contribution in [0.1, 0.15) is 5.56 Å². The maximum absolute atomic E-state index is 11.1. The summed E-state index contributed by atoms with van der Waals surface area (Å²) in [5.74, 6) is -0.364. The van der Waals surface area contributed by atoms with Crippen LogP contribution in [0.3, 0.4) is 0 Å². The van der Waals surface area contributed by atoms with Gasteiger partial charge < -0.3 is 9.15 Å². The lowest BCUT2D eigenvalue weighted by Crippen LogP contribution is -1.93. The molecule has 0 atom stereocenters. The van der Waals surface area contributed by atoms with E-state index in [1.807, 2.05) is 42.5 Å². The van der Waals surface area contributed by atoms with Crippen molar-refractivity contribution in [3.05, 3.63) is 54.1 Å². The minimum absolute atomic E-state index is 0.364. The molecular weight excluding hydrogens is 240 g/mol. The maximum atomic E-state index is 11.1. The van der Waals surface area contributed by atoms with Gasteiger partial charge in [0, 0.05) is 16.8 Å². The van der Waals surface area contributed by atoms with Crippen LogP contribution < -0.4 is 0 Å². The summed E-state index contributed by atoms with van der Waals surface area (Å²) in [5, 5.41) is 2.12. The van der Waals surface area contributed by atoms with Crippen LogP contribution in [0.25, 0.3) is 28.0 Å². The second kappa shape index (κ2) is 4.61.